The predicted octanol–water partition coefficient (Wildman–Crippen LogP) is 3.03. The Hall–Kier alpha value is -2.25. The molecule has 0 radical (unpaired) electrons. The third-order valence-electron chi connectivity index (χ3n) is 3.82. The molecule has 0 aliphatic rings. The van der Waals surface area contributed by atoms with Crippen LogP contribution in [0.25, 0.3) is 16.7 Å². The summed E-state index contributed by atoms with van der Waals surface area (Å²) < 4.78 is 20.4. The van der Waals surface area contributed by atoms with Crippen molar-refractivity contribution >= 4 is 22.1 Å². The zero-order valence-electron chi connectivity index (χ0n) is 13.0. The molecule has 1 heterocycles. The summed E-state index contributed by atoms with van der Waals surface area (Å²) in [6.07, 6.45) is 0. The van der Waals surface area contributed by atoms with E-state index in [2.05, 4.69) is 10.2 Å². The van der Waals surface area contributed by atoms with E-state index < -0.39 is 16.3 Å². The minimum Gasteiger partial charge on any atom is -0.505 e. The smallest absolute Gasteiger partial charge is 0.160 e. The summed E-state index contributed by atoms with van der Waals surface area (Å²) in [6.45, 7) is 5.44. The Morgan fingerprint density at radius 2 is 1.83 bits per heavy atom. The highest BCUT2D eigenvalue weighted by Crippen LogP contribution is 2.28. The van der Waals surface area contributed by atoms with Crippen molar-refractivity contribution in [1.82, 2.24) is 15.0 Å². The van der Waals surface area contributed by atoms with Crippen molar-refractivity contribution in [3.8, 4) is 11.4 Å². The van der Waals surface area contributed by atoms with Gasteiger partial charge in [0, 0.05) is 0 Å². The monoisotopic (exact) mass is 331 g/mol. The van der Waals surface area contributed by atoms with Crippen LogP contribution in [0, 0.1) is 13.8 Å². The molecule has 0 bridgehead atoms. The summed E-state index contributed by atoms with van der Waals surface area (Å²) in [7, 11) is 0. The fraction of sp³-hybridized carbons (Fsp3) is 0.250. The minimum atomic E-state index is -1.94. The first-order valence-electron chi connectivity index (χ1n) is 7.14. The van der Waals surface area contributed by atoms with Gasteiger partial charge in [-0.2, -0.15) is 0 Å². The molecule has 1 aromatic heterocycles. The molecular formula is C16H17N3O3S. The number of aryl methyl sites for hydroxylation is 2. The summed E-state index contributed by atoms with van der Waals surface area (Å²) >= 11 is -1.94. The second-order valence-corrected chi connectivity index (χ2v) is 6.86. The van der Waals surface area contributed by atoms with Crippen LogP contribution in [-0.2, 0) is 11.1 Å². The van der Waals surface area contributed by atoms with Gasteiger partial charge in [-0.1, -0.05) is 12.1 Å². The van der Waals surface area contributed by atoms with Crippen LogP contribution in [0.2, 0.25) is 0 Å². The zero-order valence-corrected chi connectivity index (χ0v) is 13.8. The van der Waals surface area contributed by atoms with E-state index in [9.17, 15) is 13.9 Å². The summed E-state index contributed by atoms with van der Waals surface area (Å²) in [5.74, 6) is 0.140. The van der Waals surface area contributed by atoms with E-state index in [-0.39, 0.29) is 5.75 Å². The first-order chi connectivity index (χ1) is 10.9. The summed E-state index contributed by atoms with van der Waals surface area (Å²) in [5.41, 5.74) is 4.25. The maximum absolute atomic E-state index is 11.2. The molecule has 7 heteroatoms. The molecule has 2 atom stereocenters. The van der Waals surface area contributed by atoms with Gasteiger partial charge in [0.2, 0.25) is 0 Å². The fourth-order valence-electron chi connectivity index (χ4n) is 2.50. The van der Waals surface area contributed by atoms with Gasteiger partial charge in [-0.25, -0.2) is 4.21 Å². The molecule has 23 heavy (non-hydrogen) atoms. The van der Waals surface area contributed by atoms with Crippen molar-refractivity contribution in [2.24, 2.45) is 0 Å². The van der Waals surface area contributed by atoms with Gasteiger partial charge in [-0.05, 0) is 55.7 Å². The molecule has 2 unspecified atom stereocenters. The molecule has 3 rings (SSSR count). The van der Waals surface area contributed by atoms with Crippen molar-refractivity contribution in [3.63, 3.8) is 0 Å². The number of hydrogen-bond acceptors (Lipinski definition) is 4. The molecule has 0 spiro atoms. The lowest BCUT2D eigenvalue weighted by Crippen LogP contribution is -2.01. The topological polar surface area (TPSA) is 88.2 Å². The summed E-state index contributed by atoms with van der Waals surface area (Å²) in [4.78, 5) is 1.39. The van der Waals surface area contributed by atoms with Gasteiger partial charge in [-0.15, -0.1) is 15.0 Å². The Kier molecular flexibility index (Phi) is 3.91. The first kappa shape index (κ1) is 15.6. The van der Waals surface area contributed by atoms with Crippen molar-refractivity contribution < 1.29 is 13.9 Å². The number of benzene rings is 2. The average Bonchev–Trinajstić information content (AvgIpc) is 2.92. The predicted molar refractivity (Wildman–Crippen MR) is 89.2 cm³/mol. The van der Waals surface area contributed by atoms with E-state index in [0.717, 1.165) is 16.7 Å². The van der Waals surface area contributed by atoms with Gasteiger partial charge in [0.05, 0.1) is 5.25 Å². The molecule has 0 saturated carbocycles. The molecular weight excluding hydrogens is 314 g/mol. The Balaban J connectivity index is 2.12. The maximum atomic E-state index is 11.2. The Labute approximate surface area is 136 Å². The molecule has 2 N–H and O–H groups in total. The fourth-order valence-corrected chi connectivity index (χ4v) is 2.88. The number of aromatic nitrogens is 3. The maximum Gasteiger partial charge on any atom is 0.160 e. The van der Waals surface area contributed by atoms with Gasteiger partial charge in [0.15, 0.2) is 11.1 Å². The van der Waals surface area contributed by atoms with Crippen LogP contribution >= 0.6 is 0 Å². The molecule has 0 fully saturated rings. The highest BCUT2D eigenvalue weighted by atomic mass is 32.2. The number of phenols is 1. The normalized spacial score (nSPS) is 14.1. The number of aromatic hydroxyl groups is 1. The van der Waals surface area contributed by atoms with Crippen LogP contribution in [-0.4, -0.2) is 28.9 Å². The summed E-state index contributed by atoms with van der Waals surface area (Å²) in [6, 6.07) is 8.97. The lowest BCUT2D eigenvalue weighted by Gasteiger charge is -2.07. The van der Waals surface area contributed by atoms with Crippen molar-refractivity contribution in [2.75, 3.05) is 0 Å². The SMILES string of the molecule is Cc1cc(C)c(O)c(-n2nc3ccc(C(C)S(=O)O)cc3n2)c1. The van der Waals surface area contributed by atoms with E-state index in [1.807, 2.05) is 26.0 Å². The zero-order chi connectivity index (χ0) is 16.7. The largest absolute Gasteiger partial charge is 0.505 e. The van der Waals surface area contributed by atoms with Crippen LogP contribution in [0.15, 0.2) is 30.3 Å². The van der Waals surface area contributed by atoms with E-state index in [0.29, 0.717) is 16.7 Å². The van der Waals surface area contributed by atoms with Crippen molar-refractivity contribution in [3.05, 3.63) is 47.0 Å². The van der Waals surface area contributed by atoms with Crippen molar-refractivity contribution in [2.45, 2.75) is 26.0 Å². The second-order valence-electron chi connectivity index (χ2n) is 5.61. The van der Waals surface area contributed by atoms with Crippen LogP contribution in [0.1, 0.15) is 28.9 Å². The minimum absolute atomic E-state index is 0.140. The molecule has 6 nitrogen and oxygen atoms in total. The van der Waals surface area contributed by atoms with Gasteiger partial charge in [0.1, 0.15) is 22.5 Å². The molecule has 0 saturated heterocycles. The Bertz CT molecular complexity index is 920. The highest BCUT2D eigenvalue weighted by Gasteiger charge is 2.15. The van der Waals surface area contributed by atoms with E-state index in [1.54, 1.807) is 25.1 Å². The van der Waals surface area contributed by atoms with E-state index in [4.69, 9.17) is 0 Å². The third kappa shape index (κ3) is 2.85. The molecule has 0 aliphatic heterocycles. The van der Waals surface area contributed by atoms with Crippen molar-refractivity contribution in [1.29, 1.82) is 0 Å². The highest BCUT2D eigenvalue weighted by molar-refractivity contribution is 7.79. The molecule has 2 aromatic carbocycles. The number of fused-ring (bicyclic) bond motifs is 1. The van der Waals surface area contributed by atoms with E-state index >= 15 is 0 Å². The quantitative estimate of drug-likeness (QED) is 0.720. The lowest BCUT2D eigenvalue weighted by atomic mass is 10.1. The third-order valence-corrected chi connectivity index (χ3v) is 4.69. The lowest BCUT2D eigenvalue weighted by molar-refractivity contribution is 0.463. The first-order valence-corrected chi connectivity index (χ1v) is 8.31. The average molecular weight is 331 g/mol. The van der Waals surface area contributed by atoms with Crippen LogP contribution in [0.3, 0.4) is 0 Å². The molecule has 0 aliphatic carbocycles. The van der Waals surface area contributed by atoms with Gasteiger partial charge < -0.3 is 9.66 Å². The van der Waals surface area contributed by atoms with Crippen LogP contribution < -0.4 is 0 Å². The Morgan fingerprint density at radius 3 is 2.52 bits per heavy atom. The second kappa shape index (κ2) is 5.75. The molecule has 0 amide bonds. The van der Waals surface area contributed by atoms with E-state index in [1.165, 1.54) is 4.80 Å². The van der Waals surface area contributed by atoms with Gasteiger partial charge >= 0.3 is 0 Å². The van der Waals surface area contributed by atoms with Crippen LogP contribution in [0.5, 0.6) is 5.75 Å². The Morgan fingerprint density at radius 1 is 1.13 bits per heavy atom. The summed E-state index contributed by atoms with van der Waals surface area (Å²) in [5, 5.41) is 18.5. The standard InChI is InChI=1S/C16H17N3O3S/c1-9-6-10(2)16(20)15(7-9)19-17-13-5-4-12(8-14(13)18-19)11(3)23(21)22/h4-8,11,20H,1-3H3,(H,21,22). The number of nitrogens with zero attached hydrogens (tertiary/aromatic N) is 3. The number of rotatable bonds is 3. The van der Waals surface area contributed by atoms with Crippen LogP contribution in [0.4, 0.5) is 0 Å². The number of hydrogen-bond donors (Lipinski definition) is 2. The van der Waals surface area contributed by atoms with Gasteiger partial charge in [-0.3, -0.25) is 0 Å². The van der Waals surface area contributed by atoms with Gasteiger partial charge in [0.25, 0.3) is 0 Å². The molecule has 3 aromatic rings. The molecule has 120 valence electrons. The number of phenolic OH excluding ortho intramolecular Hbond substituents is 1.